The van der Waals surface area contributed by atoms with Crippen LogP contribution in [0.3, 0.4) is 0 Å². The summed E-state index contributed by atoms with van der Waals surface area (Å²) in [5.41, 5.74) is 20.1. The molecule has 0 spiro atoms. The van der Waals surface area contributed by atoms with E-state index in [1.54, 1.807) is 0 Å². The number of fused-ring (bicyclic) bond motifs is 6. The van der Waals surface area contributed by atoms with Crippen LogP contribution in [0.4, 0.5) is 34.1 Å². The van der Waals surface area contributed by atoms with Gasteiger partial charge in [0.1, 0.15) is 0 Å². The van der Waals surface area contributed by atoms with Gasteiger partial charge >= 0.3 is 0 Å². The lowest BCUT2D eigenvalue weighted by atomic mass is 9.90. The Morgan fingerprint density at radius 1 is 0.211 bits per heavy atom. The van der Waals surface area contributed by atoms with Crippen LogP contribution >= 0.6 is 0 Å². The van der Waals surface area contributed by atoms with Crippen LogP contribution in [0.1, 0.15) is 0 Å². The molecule has 0 amide bonds. The first-order valence-corrected chi connectivity index (χ1v) is 26.0. The van der Waals surface area contributed by atoms with Gasteiger partial charge in [0.2, 0.25) is 0 Å². The van der Waals surface area contributed by atoms with E-state index in [0.29, 0.717) is 0 Å². The van der Waals surface area contributed by atoms with E-state index in [1.165, 1.54) is 49.2 Å². The van der Waals surface area contributed by atoms with Gasteiger partial charge in [0.05, 0.1) is 22.1 Å². The van der Waals surface area contributed by atoms with Crippen LogP contribution in [0.25, 0.3) is 88.4 Å². The van der Waals surface area contributed by atoms with Crippen molar-refractivity contribution < 1.29 is 0 Å². The molecular formula is C72H50N4. The topological polar surface area (TPSA) is 16.3 Å². The first kappa shape index (κ1) is 44.5. The molecule has 12 aromatic carbocycles. The lowest BCUT2D eigenvalue weighted by Crippen LogP contribution is -2.13. The van der Waals surface area contributed by atoms with E-state index in [1.807, 2.05) is 0 Å². The van der Waals surface area contributed by atoms with Crippen LogP contribution in [0, 0.1) is 0 Å². The molecule has 358 valence electrons. The number of hydrogen-bond donors (Lipinski definition) is 0. The summed E-state index contributed by atoms with van der Waals surface area (Å²) < 4.78 is 4.80. The fourth-order valence-corrected chi connectivity index (χ4v) is 11.5. The Kier molecular flexibility index (Phi) is 11.2. The van der Waals surface area contributed by atoms with E-state index >= 15 is 0 Å². The summed E-state index contributed by atoms with van der Waals surface area (Å²) in [7, 11) is 0. The molecule has 2 aromatic heterocycles. The fraction of sp³-hybridized carbons (Fsp3) is 0. The average Bonchev–Trinajstić information content (AvgIpc) is 4.04. The summed E-state index contributed by atoms with van der Waals surface area (Å²) in [6, 6.07) is 110. The molecule has 0 atom stereocenters. The molecule has 0 bridgehead atoms. The molecule has 14 aromatic rings. The molecule has 0 aliphatic heterocycles. The zero-order chi connectivity index (χ0) is 50.4. The average molecular weight is 971 g/mol. The van der Waals surface area contributed by atoms with E-state index < -0.39 is 0 Å². The van der Waals surface area contributed by atoms with Crippen molar-refractivity contribution >= 4 is 77.7 Å². The van der Waals surface area contributed by atoms with Gasteiger partial charge in [-0.15, -0.1) is 0 Å². The van der Waals surface area contributed by atoms with Gasteiger partial charge in [-0.1, -0.05) is 164 Å². The lowest BCUT2D eigenvalue weighted by molar-refractivity contribution is 1.18. The van der Waals surface area contributed by atoms with E-state index in [4.69, 9.17) is 0 Å². The second kappa shape index (κ2) is 19.0. The number of nitrogens with zero attached hydrogens (tertiary/aromatic N) is 4. The van der Waals surface area contributed by atoms with Crippen LogP contribution in [-0.4, -0.2) is 9.13 Å². The number of para-hydroxylation sites is 8. The molecule has 2 heterocycles. The quantitative estimate of drug-likeness (QED) is 0.128. The number of benzene rings is 12. The Balaban J connectivity index is 1.06. The molecule has 0 aliphatic carbocycles. The van der Waals surface area contributed by atoms with E-state index in [-0.39, 0.29) is 0 Å². The molecule has 0 saturated carbocycles. The van der Waals surface area contributed by atoms with Gasteiger partial charge in [-0.2, -0.15) is 0 Å². The van der Waals surface area contributed by atoms with E-state index in [0.717, 1.165) is 73.3 Å². The van der Waals surface area contributed by atoms with Crippen molar-refractivity contribution in [1.29, 1.82) is 0 Å². The monoisotopic (exact) mass is 970 g/mol. The molecule has 14 rings (SSSR count). The molecule has 4 nitrogen and oxygen atoms in total. The van der Waals surface area contributed by atoms with Crippen molar-refractivity contribution in [3.05, 3.63) is 303 Å². The second-order valence-electron chi connectivity index (χ2n) is 19.4. The first-order chi connectivity index (χ1) is 37.7. The van der Waals surface area contributed by atoms with Crippen molar-refractivity contribution in [1.82, 2.24) is 9.13 Å². The van der Waals surface area contributed by atoms with Gasteiger partial charge in [-0.05, 0) is 173 Å². The maximum atomic E-state index is 2.42. The highest BCUT2D eigenvalue weighted by Crippen LogP contribution is 2.46. The fourth-order valence-electron chi connectivity index (χ4n) is 11.5. The Bertz CT molecular complexity index is 4200. The molecule has 4 heteroatoms. The largest absolute Gasteiger partial charge is 0.310 e. The summed E-state index contributed by atoms with van der Waals surface area (Å²) in [6.07, 6.45) is 0. The van der Waals surface area contributed by atoms with Crippen LogP contribution in [0.15, 0.2) is 303 Å². The SMILES string of the molecule is c1ccc(N(c2ccccc2)c2cc(-c3cc(-c4ccc5c(c4)c4ccccc4n5-c4ccccc4)cc(-c4cccc5c4c4ccccc4n5-c4ccccc4)c3)cc(N(c3ccccc3)c3ccccc3)c2)cc1. The zero-order valence-electron chi connectivity index (χ0n) is 41.7. The standard InChI is InChI=1S/C72H50N4/c1-7-24-56(25-8-1)73(57-26-9-2-10-27-57)62-47-54(48-63(50-62)74(58-28-11-3-12-29-58)59-30-13-4-14-31-59)53-44-52(51-42-43-70-67(49-51)65-36-19-21-39-68(65)75(70)60-32-15-5-16-33-60)45-55(46-53)64-38-23-41-71-72(64)66-37-20-22-40-69(66)76(71)61-34-17-6-18-35-61/h1-50H. The van der Waals surface area contributed by atoms with E-state index in [9.17, 15) is 0 Å². The first-order valence-electron chi connectivity index (χ1n) is 26.0. The van der Waals surface area contributed by atoms with Gasteiger partial charge in [0.25, 0.3) is 0 Å². The van der Waals surface area contributed by atoms with Gasteiger partial charge in [0.15, 0.2) is 0 Å². The van der Waals surface area contributed by atoms with Gasteiger partial charge in [-0.3, -0.25) is 0 Å². The second-order valence-corrected chi connectivity index (χ2v) is 19.4. The van der Waals surface area contributed by atoms with Crippen molar-refractivity contribution in [2.75, 3.05) is 9.80 Å². The smallest absolute Gasteiger partial charge is 0.0547 e. The summed E-state index contributed by atoms with van der Waals surface area (Å²) in [4.78, 5) is 4.75. The lowest BCUT2D eigenvalue weighted by Gasteiger charge is -2.30. The Labute approximate surface area is 442 Å². The third-order valence-corrected chi connectivity index (χ3v) is 14.8. The number of hydrogen-bond acceptors (Lipinski definition) is 2. The Hall–Kier alpha value is -10.2. The van der Waals surface area contributed by atoms with Gasteiger partial charge < -0.3 is 18.9 Å². The van der Waals surface area contributed by atoms with Crippen LogP contribution in [-0.2, 0) is 0 Å². The molecule has 0 saturated heterocycles. The van der Waals surface area contributed by atoms with E-state index in [2.05, 4.69) is 322 Å². The number of rotatable bonds is 11. The minimum absolute atomic E-state index is 1.04. The normalized spacial score (nSPS) is 11.4. The zero-order valence-corrected chi connectivity index (χ0v) is 41.7. The predicted molar refractivity (Wildman–Crippen MR) is 321 cm³/mol. The Morgan fingerprint density at radius 2 is 0.592 bits per heavy atom. The maximum absolute atomic E-state index is 2.42. The minimum Gasteiger partial charge on any atom is -0.310 e. The third kappa shape index (κ3) is 7.88. The highest BCUT2D eigenvalue weighted by Gasteiger charge is 2.22. The summed E-state index contributed by atoms with van der Waals surface area (Å²) in [5, 5.41) is 4.87. The molecule has 0 N–H and O–H groups in total. The molecule has 0 aliphatic rings. The summed E-state index contributed by atoms with van der Waals surface area (Å²) in [6.45, 7) is 0. The van der Waals surface area contributed by atoms with Gasteiger partial charge in [0, 0.05) is 67.0 Å². The van der Waals surface area contributed by atoms with Crippen molar-refractivity contribution in [2.45, 2.75) is 0 Å². The maximum Gasteiger partial charge on any atom is 0.0547 e. The molecule has 76 heavy (non-hydrogen) atoms. The highest BCUT2D eigenvalue weighted by molar-refractivity contribution is 6.16. The number of anilines is 6. The molecule has 0 unspecified atom stereocenters. The van der Waals surface area contributed by atoms with Crippen LogP contribution in [0.2, 0.25) is 0 Å². The van der Waals surface area contributed by atoms with Crippen molar-refractivity contribution in [3.8, 4) is 44.8 Å². The molecular weight excluding hydrogens is 921 g/mol. The predicted octanol–water partition coefficient (Wildman–Crippen LogP) is 19.8. The third-order valence-electron chi connectivity index (χ3n) is 14.8. The van der Waals surface area contributed by atoms with Gasteiger partial charge in [-0.25, -0.2) is 0 Å². The summed E-state index contributed by atoms with van der Waals surface area (Å²) in [5.74, 6) is 0. The molecule has 0 fully saturated rings. The number of aromatic nitrogens is 2. The highest BCUT2D eigenvalue weighted by atomic mass is 15.2. The minimum atomic E-state index is 1.04. The van der Waals surface area contributed by atoms with Crippen molar-refractivity contribution in [3.63, 3.8) is 0 Å². The van der Waals surface area contributed by atoms with Crippen molar-refractivity contribution in [2.24, 2.45) is 0 Å². The summed E-state index contributed by atoms with van der Waals surface area (Å²) >= 11 is 0. The van der Waals surface area contributed by atoms with Crippen LogP contribution < -0.4 is 9.80 Å². The van der Waals surface area contributed by atoms with Crippen LogP contribution in [0.5, 0.6) is 0 Å². The molecule has 0 radical (unpaired) electrons. The Morgan fingerprint density at radius 3 is 1.12 bits per heavy atom.